The van der Waals surface area contributed by atoms with Gasteiger partial charge in [0.15, 0.2) is 0 Å². The lowest BCUT2D eigenvalue weighted by atomic mass is 9.97. The average Bonchev–Trinajstić information content (AvgIpc) is 2.42. The Balaban J connectivity index is 1.96. The van der Waals surface area contributed by atoms with Crippen molar-refractivity contribution in [1.29, 1.82) is 0 Å². The molecule has 1 aromatic carbocycles. The van der Waals surface area contributed by atoms with E-state index in [2.05, 4.69) is 30.0 Å². The molecule has 1 aromatic rings. The molecule has 0 radical (unpaired) electrons. The number of ether oxygens (including phenoxy) is 1. The summed E-state index contributed by atoms with van der Waals surface area (Å²) >= 11 is 0. The van der Waals surface area contributed by atoms with Crippen molar-refractivity contribution in [2.45, 2.75) is 32.9 Å². The Morgan fingerprint density at radius 2 is 2.26 bits per heavy atom. The number of piperidine rings is 1. The van der Waals surface area contributed by atoms with E-state index in [0.717, 1.165) is 19.7 Å². The van der Waals surface area contributed by atoms with Crippen LogP contribution < -0.4 is 5.73 Å². The minimum absolute atomic E-state index is 0.626. The molecule has 1 saturated heterocycles. The predicted octanol–water partition coefficient (Wildman–Crippen LogP) is 2.31. The maximum atomic E-state index is 5.68. The van der Waals surface area contributed by atoms with Gasteiger partial charge in [0.2, 0.25) is 0 Å². The van der Waals surface area contributed by atoms with Crippen LogP contribution in [0.3, 0.4) is 0 Å². The first-order valence-electron chi connectivity index (χ1n) is 7.22. The smallest absolute Gasteiger partial charge is 0.0502 e. The Morgan fingerprint density at radius 1 is 1.42 bits per heavy atom. The average molecular weight is 262 g/mol. The Morgan fingerprint density at radius 3 is 2.95 bits per heavy atom. The molecule has 106 valence electrons. The van der Waals surface area contributed by atoms with Crippen LogP contribution in [0.5, 0.6) is 0 Å². The molecule has 3 heteroatoms. The molecule has 1 heterocycles. The van der Waals surface area contributed by atoms with Gasteiger partial charge >= 0.3 is 0 Å². The molecule has 1 atom stereocenters. The standard InChI is InChI=1S/C16H26N2O/c1-13-8-14(9-17)5-6-16(13)11-18-7-3-4-15(10-18)12-19-2/h5-6,8,15H,3-4,7,9-12,17H2,1-2H3. The van der Waals surface area contributed by atoms with E-state index in [1.807, 2.05) is 0 Å². The summed E-state index contributed by atoms with van der Waals surface area (Å²) in [6.45, 7) is 7.12. The highest BCUT2D eigenvalue weighted by Crippen LogP contribution is 2.20. The van der Waals surface area contributed by atoms with Gasteiger partial charge in [-0.15, -0.1) is 0 Å². The molecule has 0 aliphatic carbocycles. The zero-order chi connectivity index (χ0) is 13.7. The minimum Gasteiger partial charge on any atom is -0.384 e. The zero-order valence-electron chi connectivity index (χ0n) is 12.2. The van der Waals surface area contributed by atoms with Crippen LogP contribution in [0, 0.1) is 12.8 Å². The highest BCUT2D eigenvalue weighted by atomic mass is 16.5. The third-order valence-electron chi connectivity index (χ3n) is 4.04. The lowest BCUT2D eigenvalue weighted by Gasteiger charge is -2.32. The van der Waals surface area contributed by atoms with Crippen molar-refractivity contribution in [3.8, 4) is 0 Å². The molecular weight excluding hydrogens is 236 g/mol. The summed E-state index contributed by atoms with van der Waals surface area (Å²) in [4.78, 5) is 2.55. The molecule has 0 aromatic heterocycles. The van der Waals surface area contributed by atoms with Crippen LogP contribution in [0.15, 0.2) is 18.2 Å². The molecular formula is C16H26N2O. The van der Waals surface area contributed by atoms with Crippen molar-refractivity contribution in [1.82, 2.24) is 4.90 Å². The number of likely N-dealkylation sites (tertiary alicyclic amines) is 1. The lowest BCUT2D eigenvalue weighted by Crippen LogP contribution is -2.36. The second-order valence-electron chi connectivity index (χ2n) is 5.66. The third kappa shape index (κ3) is 4.03. The fourth-order valence-corrected chi connectivity index (χ4v) is 2.97. The highest BCUT2D eigenvalue weighted by Gasteiger charge is 2.20. The minimum atomic E-state index is 0.626. The summed E-state index contributed by atoms with van der Waals surface area (Å²) in [6.07, 6.45) is 2.59. The molecule has 1 aliphatic heterocycles. The van der Waals surface area contributed by atoms with E-state index in [0.29, 0.717) is 12.5 Å². The Bertz CT molecular complexity index is 404. The second-order valence-corrected chi connectivity index (χ2v) is 5.66. The molecule has 2 rings (SSSR count). The molecule has 0 saturated carbocycles. The van der Waals surface area contributed by atoms with Crippen LogP contribution in [0.4, 0.5) is 0 Å². The quantitative estimate of drug-likeness (QED) is 0.885. The highest BCUT2D eigenvalue weighted by molar-refractivity contribution is 5.31. The van der Waals surface area contributed by atoms with Crippen molar-refractivity contribution in [3.63, 3.8) is 0 Å². The number of hydrogen-bond acceptors (Lipinski definition) is 3. The largest absolute Gasteiger partial charge is 0.384 e. The van der Waals surface area contributed by atoms with Gasteiger partial charge in [0.05, 0.1) is 6.61 Å². The normalized spacial score (nSPS) is 20.7. The maximum absolute atomic E-state index is 5.68. The fourth-order valence-electron chi connectivity index (χ4n) is 2.97. The van der Waals surface area contributed by atoms with Crippen molar-refractivity contribution in [2.24, 2.45) is 11.7 Å². The Kier molecular flexibility index (Phi) is 5.37. The van der Waals surface area contributed by atoms with E-state index in [1.54, 1.807) is 7.11 Å². The van der Waals surface area contributed by atoms with Gasteiger partial charge in [-0.1, -0.05) is 18.2 Å². The molecule has 3 nitrogen and oxygen atoms in total. The van der Waals surface area contributed by atoms with Crippen LogP contribution in [0.1, 0.15) is 29.5 Å². The Labute approximate surface area is 116 Å². The first kappa shape index (κ1) is 14.5. The first-order chi connectivity index (χ1) is 9.22. The number of nitrogens with zero attached hydrogens (tertiary/aromatic N) is 1. The van der Waals surface area contributed by atoms with Gasteiger partial charge < -0.3 is 10.5 Å². The number of rotatable bonds is 5. The van der Waals surface area contributed by atoms with Gasteiger partial charge in [0.1, 0.15) is 0 Å². The number of methoxy groups -OCH3 is 1. The van der Waals surface area contributed by atoms with E-state index in [-0.39, 0.29) is 0 Å². The molecule has 2 N–H and O–H groups in total. The van der Waals surface area contributed by atoms with E-state index >= 15 is 0 Å². The van der Waals surface area contributed by atoms with Gasteiger partial charge in [-0.25, -0.2) is 0 Å². The van der Waals surface area contributed by atoms with Gasteiger partial charge in [-0.2, -0.15) is 0 Å². The van der Waals surface area contributed by atoms with Crippen LogP contribution in [0.2, 0.25) is 0 Å². The molecule has 1 aliphatic rings. The van der Waals surface area contributed by atoms with Gasteiger partial charge in [-0.05, 0) is 48.9 Å². The van der Waals surface area contributed by atoms with Crippen LogP contribution in [-0.2, 0) is 17.8 Å². The van der Waals surface area contributed by atoms with Gasteiger partial charge in [0.25, 0.3) is 0 Å². The first-order valence-corrected chi connectivity index (χ1v) is 7.22. The zero-order valence-corrected chi connectivity index (χ0v) is 12.2. The third-order valence-corrected chi connectivity index (χ3v) is 4.04. The van der Waals surface area contributed by atoms with Crippen molar-refractivity contribution >= 4 is 0 Å². The summed E-state index contributed by atoms with van der Waals surface area (Å²) < 4.78 is 5.29. The SMILES string of the molecule is COCC1CCCN(Cc2ccc(CN)cc2C)C1. The molecule has 0 bridgehead atoms. The molecule has 19 heavy (non-hydrogen) atoms. The van der Waals surface area contributed by atoms with Crippen molar-refractivity contribution in [3.05, 3.63) is 34.9 Å². The summed E-state index contributed by atoms with van der Waals surface area (Å²) in [5.74, 6) is 0.697. The van der Waals surface area contributed by atoms with E-state index in [4.69, 9.17) is 10.5 Å². The molecule has 1 unspecified atom stereocenters. The molecule has 0 spiro atoms. The fraction of sp³-hybridized carbons (Fsp3) is 0.625. The summed E-state index contributed by atoms with van der Waals surface area (Å²) in [5.41, 5.74) is 9.68. The molecule has 0 amide bonds. The summed E-state index contributed by atoms with van der Waals surface area (Å²) in [6, 6.07) is 6.60. The topological polar surface area (TPSA) is 38.5 Å². The van der Waals surface area contributed by atoms with E-state index < -0.39 is 0 Å². The maximum Gasteiger partial charge on any atom is 0.0502 e. The van der Waals surface area contributed by atoms with Crippen molar-refractivity contribution in [2.75, 3.05) is 26.8 Å². The number of aryl methyl sites for hydroxylation is 1. The number of benzene rings is 1. The Hall–Kier alpha value is -0.900. The number of nitrogens with two attached hydrogens (primary N) is 1. The predicted molar refractivity (Wildman–Crippen MR) is 78.9 cm³/mol. The number of hydrogen-bond donors (Lipinski definition) is 1. The van der Waals surface area contributed by atoms with Crippen molar-refractivity contribution < 1.29 is 4.74 Å². The van der Waals surface area contributed by atoms with Gasteiger partial charge in [0, 0.05) is 26.7 Å². The lowest BCUT2D eigenvalue weighted by molar-refractivity contribution is 0.0873. The van der Waals surface area contributed by atoms with E-state index in [1.165, 1.54) is 36.1 Å². The van der Waals surface area contributed by atoms with Crippen LogP contribution in [0.25, 0.3) is 0 Å². The monoisotopic (exact) mass is 262 g/mol. The van der Waals surface area contributed by atoms with Gasteiger partial charge in [-0.3, -0.25) is 4.90 Å². The molecule has 1 fully saturated rings. The summed E-state index contributed by atoms with van der Waals surface area (Å²) in [5, 5.41) is 0. The summed E-state index contributed by atoms with van der Waals surface area (Å²) in [7, 11) is 1.80. The van der Waals surface area contributed by atoms with Crippen LogP contribution in [-0.4, -0.2) is 31.7 Å². The van der Waals surface area contributed by atoms with Crippen LogP contribution >= 0.6 is 0 Å². The van der Waals surface area contributed by atoms with E-state index in [9.17, 15) is 0 Å². The second kappa shape index (κ2) is 7.04.